The fraction of sp³-hybridized carbons (Fsp3) is 0.792. The van der Waals surface area contributed by atoms with E-state index < -0.39 is 0 Å². The van der Waals surface area contributed by atoms with E-state index in [1.807, 2.05) is 0 Å². The number of hydrogen-bond acceptors (Lipinski definition) is 3. The molecule has 0 aromatic rings. The standard InChI is InChI=1S/C24H35NO2/c1-23-9-7-18(26)14-17(23)5-6-19-20(23)8-10-24(2)21(19)13-16(22(24)27)15-25-11-3-4-12-25/h5,15,18-21,26H,3-4,6-14H2,1-2H3/b16-15+. The zero-order valence-electron chi connectivity index (χ0n) is 17.0. The smallest absolute Gasteiger partial charge is 0.166 e. The predicted molar refractivity (Wildman–Crippen MR) is 107 cm³/mol. The Balaban J connectivity index is 1.45. The first-order chi connectivity index (χ1) is 12.9. The molecule has 3 nitrogen and oxygen atoms in total. The maximum Gasteiger partial charge on any atom is 0.166 e. The van der Waals surface area contributed by atoms with E-state index in [0.717, 1.165) is 57.2 Å². The number of likely N-dealkylation sites (tertiary alicyclic amines) is 1. The Morgan fingerprint density at radius 1 is 1.07 bits per heavy atom. The molecular weight excluding hydrogens is 334 g/mol. The summed E-state index contributed by atoms with van der Waals surface area (Å²) in [6, 6.07) is 0. The first kappa shape index (κ1) is 18.0. The molecule has 1 heterocycles. The van der Waals surface area contributed by atoms with Crippen LogP contribution in [0.2, 0.25) is 0 Å². The Morgan fingerprint density at radius 3 is 2.59 bits per heavy atom. The van der Waals surface area contributed by atoms with Crippen molar-refractivity contribution in [3.63, 3.8) is 0 Å². The van der Waals surface area contributed by atoms with Crippen LogP contribution in [0.15, 0.2) is 23.4 Å². The van der Waals surface area contributed by atoms with Crippen LogP contribution < -0.4 is 0 Å². The van der Waals surface area contributed by atoms with E-state index in [0.29, 0.717) is 23.5 Å². The zero-order chi connectivity index (χ0) is 18.8. The van der Waals surface area contributed by atoms with Gasteiger partial charge >= 0.3 is 0 Å². The molecule has 148 valence electrons. The summed E-state index contributed by atoms with van der Waals surface area (Å²) in [6.07, 6.45) is 14.4. The Morgan fingerprint density at radius 2 is 1.81 bits per heavy atom. The van der Waals surface area contributed by atoms with Gasteiger partial charge in [-0.25, -0.2) is 0 Å². The largest absolute Gasteiger partial charge is 0.393 e. The van der Waals surface area contributed by atoms with Crippen LogP contribution >= 0.6 is 0 Å². The molecule has 0 radical (unpaired) electrons. The van der Waals surface area contributed by atoms with Crippen LogP contribution in [0.4, 0.5) is 0 Å². The molecule has 0 aromatic carbocycles. The molecular formula is C24H35NO2. The summed E-state index contributed by atoms with van der Waals surface area (Å²) in [5.41, 5.74) is 2.75. The van der Waals surface area contributed by atoms with Crippen LogP contribution in [-0.4, -0.2) is 35.0 Å². The van der Waals surface area contributed by atoms with Gasteiger partial charge in [-0.05, 0) is 81.0 Å². The van der Waals surface area contributed by atoms with Gasteiger partial charge in [0.05, 0.1) is 6.10 Å². The van der Waals surface area contributed by atoms with Gasteiger partial charge in [-0.3, -0.25) is 4.79 Å². The number of nitrogens with zero attached hydrogens (tertiary/aromatic N) is 1. The summed E-state index contributed by atoms with van der Waals surface area (Å²) in [5, 5.41) is 10.2. The molecule has 0 amide bonds. The van der Waals surface area contributed by atoms with E-state index in [9.17, 15) is 9.90 Å². The third kappa shape index (κ3) is 2.60. The second kappa shape index (κ2) is 6.20. The normalized spacial score (nSPS) is 48.3. The Hall–Kier alpha value is -1.09. The minimum Gasteiger partial charge on any atom is -0.393 e. The molecule has 27 heavy (non-hydrogen) atoms. The number of hydrogen-bond donors (Lipinski definition) is 1. The Bertz CT molecular complexity index is 703. The number of rotatable bonds is 1. The summed E-state index contributed by atoms with van der Waals surface area (Å²) < 4.78 is 0. The lowest BCUT2D eigenvalue weighted by atomic mass is 9.48. The van der Waals surface area contributed by atoms with Gasteiger partial charge in [0, 0.05) is 30.3 Å². The molecule has 5 aliphatic rings. The van der Waals surface area contributed by atoms with E-state index in [-0.39, 0.29) is 16.9 Å². The minimum absolute atomic E-state index is 0.136. The van der Waals surface area contributed by atoms with Crippen molar-refractivity contribution < 1.29 is 9.90 Å². The summed E-state index contributed by atoms with van der Waals surface area (Å²) in [6.45, 7) is 6.97. The van der Waals surface area contributed by atoms with Crippen molar-refractivity contribution in [1.29, 1.82) is 0 Å². The second-order valence-corrected chi connectivity index (χ2v) is 10.5. The highest BCUT2D eigenvalue weighted by molar-refractivity contribution is 6.02. The Kier molecular flexibility index (Phi) is 4.13. The maximum atomic E-state index is 13.4. The highest BCUT2D eigenvalue weighted by Crippen LogP contribution is 2.64. The van der Waals surface area contributed by atoms with Crippen LogP contribution in [0.25, 0.3) is 0 Å². The number of Topliss-reactive ketones (excluding diaryl/α,β-unsaturated/α-hetero) is 1. The number of carbonyl (C=O) groups excluding carboxylic acids is 1. The number of ketones is 1. The van der Waals surface area contributed by atoms with E-state index in [1.165, 1.54) is 24.8 Å². The highest BCUT2D eigenvalue weighted by atomic mass is 16.3. The van der Waals surface area contributed by atoms with Gasteiger partial charge in [0.2, 0.25) is 0 Å². The topological polar surface area (TPSA) is 40.5 Å². The zero-order valence-corrected chi connectivity index (χ0v) is 17.0. The fourth-order valence-electron chi connectivity index (χ4n) is 7.52. The molecule has 5 rings (SSSR count). The third-order valence-electron chi connectivity index (χ3n) is 9.20. The number of carbonyl (C=O) groups is 1. The minimum atomic E-state index is -0.141. The molecule has 1 saturated heterocycles. The van der Waals surface area contributed by atoms with Gasteiger partial charge in [0.15, 0.2) is 5.78 Å². The van der Waals surface area contributed by atoms with E-state index in [4.69, 9.17) is 0 Å². The molecule has 3 saturated carbocycles. The molecule has 0 spiro atoms. The first-order valence-electron chi connectivity index (χ1n) is 11.3. The molecule has 4 fully saturated rings. The number of aliphatic hydroxyl groups is 1. The molecule has 6 atom stereocenters. The van der Waals surface area contributed by atoms with Crippen molar-refractivity contribution in [3.8, 4) is 0 Å². The SMILES string of the molecule is CC12CCC3C(CC=C4CC(O)CCC43C)C1C/C(=C\N1CCCC1)C2=O. The molecule has 1 N–H and O–H groups in total. The molecule has 6 unspecified atom stereocenters. The lowest BCUT2D eigenvalue weighted by Crippen LogP contribution is -2.50. The third-order valence-corrected chi connectivity index (χ3v) is 9.20. The van der Waals surface area contributed by atoms with Crippen LogP contribution in [0.5, 0.6) is 0 Å². The fourth-order valence-corrected chi connectivity index (χ4v) is 7.52. The summed E-state index contributed by atoms with van der Waals surface area (Å²) in [5.74, 6) is 2.30. The van der Waals surface area contributed by atoms with E-state index in [2.05, 4.69) is 31.0 Å². The number of fused-ring (bicyclic) bond motifs is 5. The van der Waals surface area contributed by atoms with Gasteiger partial charge in [-0.2, -0.15) is 0 Å². The van der Waals surface area contributed by atoms with Crippen molar-refractivity contribution in [3.05, 3.63) is 23.4 Å². The van der Waals surface area contributed by atoms with Gasteiger partial charge in [-0.1, -0.05) is 25.5 Å². The van der Waals surface area contributed by atoms with Crippen molar-refractivity contribution in [1.82, 2.24) is 4.90 Å². The molecule has 1 aliphatic heterocycles. The Labute approximate surface area is 163 Å². The predicted octanol–water partition coefficient (Wildman–Crippen LogP) is 4.47. The molecule has 0 aromatic heterocycles. The van der Waals surface area contributed by atoms with Crippen LogP contribution in [0.1, 0.15) is 71.6 Å². The van der Waals surface area contributed by atoms with Crippen LogP contribution in [-0.2, 0) is 4.79 Å². The first-order valence-corrected chi connectivity index (χ1v) is 11.3. The highest BCUT2D eigenvalue weighted by Gasteiger charge is 2.59. The molecule has 3 heteroatoms. The molecule has 4 aliphatic carbocycles. The average molecular weight is 370 g/mol. The van der Waals surface area contributed by atoms with E-state index in [1.54, 1.807) is 0 Å². The van der Waals surface area contributed by atoms with Crippen LogP contribution in [0, 0.1) is 28.6 Å². The maximum absolute atomic E-state index is 13.4. The van der Waals surface area contributed by atoms with Crippen molar-refractivity contribution in [2.75, 3.05) is 13.1 Å². The average Bonchev–Trinajstić information content (AvgIpc) is 3.24. The van der Waals surface area contributed by atoms with Crippen LogP contribution in [0.3, 0.4) is 0 Å². The molecule has 0 bridgehead atoms. The van der Waals surface area contributed by atoms with E-state index >= 15 is 0 Å². The summed E-state index contributed by atoms with van der Waals surface area (Å²) in [4.78, 5) is 15.8. The van der Waals surface area contributed by atoms with Crippen molar-refractivity contribution in [2.24, 2.45) is 28.6 Å². The van der Waals surface area contributed by atoms with Gasteiger partial charge in [-0.15, -0.1) is 0 Å². The van der Waals surface area contributed by atoms with Gasteiger partial charge in [0.1, 0.15) is 0 Å². The number of aliphatic hydroxyl groups excluding tert-OH is 1. The van der Waals surface area contributed by atoms with Crippen molar-refractivity contribution in [2.45, 2.75) is 77.7 Å². The van der Waals surface area contributed by atoms with Crippen molar-refractivity contribution >= 4 is 5.78 Å². The lowest BCUT2D eigenvalue weighted by Gasteiger charge is -2.56. The quantitative estimate of drug-likeness (QED) is 0.548. The lowest BCUT2D eigenvalue weighted by molar-refractivity contribution is -0.130. The van der Waals surface area contributed by atoms with Gasteiger partial charge in [0.25, 0.3) is 0 Å². The second-order valence-electron chi connectivity index (χ2n) is 10.5. The number of allylic oxidation sites excluding steroid dienone is 2. The van der Waals surface area contributed by atoms with Gasteiger partial charge < -0.3 is 10.0 Å². The monoisotopic (exact) mass is 369 g/mol. The summed E-state index contributed by atoms with van der Waals surface area (Å²) >= 11 is 0. The summed E-state index contributed by atoms with van der Waals surface area (Å²) in [7, 11) is 0.